The standard InChI is InChI=1S/C23H26FN5O2/c1-15(16-5-3-2-4-6-16)28-12-11-18(14-28)26-23(31)20-13-21(22(25)30)29(27-20)19-9-7-17(24)8-10-19/h2-10,15,18,21H,11-14H2,1H3,(H2,25,30)(H,26,31). The molecule has 2 aliphatic heterocycles. The highest BCUT2D eigenvalue weighted by atomic mass is 19.1. The third kappa shape index (κ3) is 4.59. The molecule has 3 N–H and O–H groups in total. The topological polar surface area (TPSA) is 91.0 Å². The van der Waals surface area contributed by atoms with Gasteiger partial charge in [0, 0.05) is 31.6 Å². The molecule has 2 aliphatic rings. The second kappa shape index (κ2) is 8.85. The number of nitrogens with one attached hydrogen (secondary N) is 1. The predicted molar refractivity (Wildman–Crippen MR) is 117 cm³/mol. The highest BCUT2D eigenvalue weighted by Gasteiger charge is 2.36. The van der Waals surface area contributed by atoms with Crippen LogP contribution in [0, 0.1) is 5.82 Å². The molecular weight excluding hydrogens is 397 g/mol. The average Bonchev–Trinajstić information content (AvgIpc) is 3.42. The molecule has 2 aromatic carbocycles. The summed E-state index contributed by atoms with van der Waals surface area (Å²) in [5.41, 5.74) is 7.53. The maximum Gasteiger partial charge on any atom is 0.267 e. The molecule has 0 radical (unpaired) electrons. The molecule has 7 nitrogen and oxygen atoms in total. The van der Waals surface area contributed by atoms with Crippen LogP contribution < -0.4 is 16.1 Å². The lowest BCUT2D eigenvalue weighted by atomic mass is 10.1. The highest BCUT2D eigenvalue weighted by molar-refractivity contribution is 6.40. The number of nitrogens with zero attached hydrogens (tertiary/aromatic N) is 3. The first-order valence-corrected chi connectivity index (χ1v) is 10.4. The molecule has 8 heteroatoms. The number of nitrogens with two attached hydrogens (primary N) is 1. The Balaban J connectivity index is 1.41. The molecule has 3 atom stereocenters. The molecule has 2 aromatic rings. The lowest BCUT2D eigenvalue weighted by Gasteiger charge is -2.24. The summed E-state index contributed by atoms with van der Waals surface area (Å²) in [7, 11) is 0. The normalized spacial score (nSPS) is 22.3. The van der Waals surface area contributed by atoms with E-state index in [1.54, 1.807) is 0 Å². The van der Waals surface area contributed by atoms with Crippen molar-refractivity contribution in [2.24, 2.45) is 10.8 Å². The summed E-state index contributed by atoms with van der Waals surface area (Å²) in [5.74, 6) is -1.27. The maximum absolute atomic E-state index is 13.2. The predicted octanol–water partition coefficient (Wildman–Crippen LogP) is 2.20. The van der Waals surface area contributed by atoms with Crippen LogP contribution in [0.3, 0.4) is 0 Å². The van der Waals surface area contributed by atoms with Crippen molar-refractivity contribution in [1.82, 2.24) is 10.2 Å². The number of carbonyl (C=O) groups excluding carboxylic acids is 2. The summed E-state index contributed by atoms with van der Waals surface area (Å²) in [6, 6.07) is 15.4. The zero-order chi connectivity index (χ0) is 22.0. The van der Waals surface area contributed by atoms with Gasteiger partial charge in [-0.15, -0.1) is 0 Å². The van der Waals surface area contributed by atoms with Crippen LogP contribution in [0.2, 0.25) is 0 Å². The van der Waals surface area contributed by atoms with E-state index in [2.05, 4.69) is 34.4 Å². The van der Waals surface area contributed by atoms with E-state index < -0.39 is 17.8 Å². The zero-order valence-electron chi connectivity index (χ0n) is 17.4. The van der Waals surface area contributed by atoms with E-state index in [9.17, 15) is 14.0 Å². The Bertz CT molecular complexity index is 979. The van der Waals surface area contributed by atoms with Crippen molar-refractivity contribution in [3.05, 3.63) is 66.0 Å². The Morgan fingerprint density at radius 3 is 2.55 bits per heavy atom. The van der Waals surface area contributed by atoms with Crippen molar-refractivity contribution in [2.75, 3.05) is 18.1 Å². The van der Waals surface area contributed by atoms with Crippen LogP contribution in [0.5, 0.6) is 0 Å². The summed E-state index contributed by atoms with van der Waals surface area (Å²) < 4.78 is 13.2. The van der Waals surface area contributed by atoms with Crippen LogP contribution in [0.15, 0.2) is 59.7 Å². The number of halogens is 1. The number of benzene rings is 2. The van der Waals surface area contributed by atoms with Gasteiger partial charge in [0.05, 0.1) is 5.69 Å². The molecule has 162 valence electrons. The van der Waals surface area contributed by atoms with Gasteiger partial charge in [-0.05, 0) is 43.2 Å². The van der Waals surface area contributed by atoms with Gasteiger partial charge in [0.1, 0.15) is 17.6 Å². The first-order chi connectivity index (χ1) is 14.9. The molecule has 1 saturated heterocycles. The summed E-state index contributed by atoms with van der Waals surface area (Å²) in [5, 5.41) is 8.78. The van der Waals surface area contributed by atoms with E-state index in [0.29, 0.717) is 5.69 Å². The molecule has 0 aromatic heterocycles. The smallest absolute Gasteiger partial charge is 0.267 e. The minimum Gasteiger partial charge on any atom is -0.368 e. The van der Waals surface area contributed by atoms with Crippen molar-refractivity contribution >= 4 is 23.2 Å². The molecule has 2 heterocycles. The summed E-state index contributed by atoms with van der Waals surface area (Å²) in [6.45, 7) is 3.80. The third-order valence-corrected chi connectivity index (χ3v) is 5.98. The second-order valence-corrected chi connectivity index (χ2v) is 8.03. The van der Waals surface area contributed by atoms with Gasteiger partial charge in [-0.3, -0.25) is 19.5 Å². The Morgan fingerprint density at radius 1 is 1.16 bits per heavy atom. The van der Waals surface area contributed by atoms with Crippen molar-refractivity contribution in [3.63, 3.8) is 0 Å². The van der Waals surface area contributed by atoms with Gasteiger partial charge in [-0.2, -0.15) is 5.10 Å². The summed E-state index contributed by atoms with van der Waals surface area (Å²) >= 11 is 0. The first-order valence-electron chi connectivity index (χ1n) is 10.4. The van der Waals surface area contributed by atoms with Gasteiger partial charge < -0.3 is 11.1 Å². The van der Waals surface area contributed by atoms with Gasteiger partial charge in [0.25, 0.3) is 5.91 Å². The number of anilines is 1. The van der Waals surface area contributed by atoms with E-state index >= 15 is 0 Å². The highest BCUT2D eigenvalue weighted by Crippen LogP contribution is 2.26. The lowest BCUT2D eigenvalue weighted by Crippen LogP contribution is -2.42. The SMILES string of the molecule is CC(c1ccccc1)N1CCC(NC(=O)C2=NN(c3ccc(F)cc3)C(C(N)=O)C2)C1. The molecule has 31 heavy (non-hydrogen) atoms. The van der Waals surface area contributed by atoms with E-state index in [-0.39, 0.29) is 30.1 Å². The lowest BCUT2D eigenvalue weighted by molar-refractivity contribution is -0.119. The van der Waals surface area contributed by atoms with E-state index in [1.165, 1.54) is 34.8 Å². The molecule has 0 spiro atoms. The maximum atomic E-state index is 13.2. The molecule has 0 aliphatic carbocycles. The Hall–Kier alpha value is -3.26. The summed E-state index contributed by atoms with van der Waals surface area (Å²) in [6.07, 6.45) is 0.965. The van der Waals surface area contributed by atoms with Crippen LogP contribution in [-0.4, -0.2) is 47.6 Å². The Morgan fingerprint density at radius 2 is 1.87 bits per heavy atom. The molecule has 1 fully saturated rings. The van der Waals surface area contributed by atoms with Crippen molar-refractivity contribution in [3.8, 4) is 0 Å². The van der Waals surface area contributed by atoms with Crippen LogP contribution >= 0.6 is 0 Å². The van der Waals surface area contributed by atoms with E-state index in [1.807, 2.05) is 18.2 Å². The third-order valence-electron chi connectivity index (χ3n) is 5.98. The number of hydrogen-bond donors (Lipinski definition) is 2. The number of carbonyl (C=O) groups is 2. The van der Waals surface area contributed by atoms with Crippen LogP contribution in [0.4, 0.5) is 10.1 Å². The van der Waals surface area contributed by atoms with Crippen molar-refractivity contribution in [2.45, 2.75) is 37.9 Å². The molecule has 0 saturated carbocycles. The van der Waals surface area contributed by atoms with Crippen LogP contribution in [0.25, 0.3) is 0 Å². The van der Waals surface area contributed by atoms with Gasteiger partial charge in [0.15, 0.2) is 0 Å². The number of amides is 2. The largest absolute Gasteiger partial charge is 0.368 e. The van der Waals surface area contributed by atoms with Gasteiger partial charge >= 0.3 is 0 Å². The Labute approximate surface area is 180 Å². The first kappa shape index (κ1) is 21.0. The van der Waals surface area contributed by atoms with Gasteiger partial charge in [0.2, 0.25) is 5.91 Å². The molecule has 0 bridgehead atoms. The van der Waals surface area contributed by atoms with E-state index in [0.717, 1.165) is 19.5 Å². The second-order valence-electron chi connectivity index (χ2n) is 8.03. The van der Waals surface area contributed by atoms with Gasteiger partial charge in [-0.25, -0.2) is 4.39 Å². The number of rotatable bonds is 6. The Kier molecular flexibility index (Phi) is 5.99. The number of hydrazone groups is 1. The zero-order valence-corrected chi connectivity index (χ0v) is 17.4. The number of hydrogen-bond acceptors (Lipinski definition) is 5. The molecule has 2 amide bonds. The quantitative estimate of drug-likeness (QED) is 0.745. The van der Waals surface area contributed by atoms with Crippen LogP contribution in [0.1, 0.15) is 31.4 Å². The molecular formula is C23H26FN5O2. The molecule has 3 unspecified atom stereocenters. The number of likely N-dealkylation sites (tertiary alicyclic amines) is 1. The molecule has 4 rings (SSSR count). The minimum absolute atomic E-state index is 0.00765. The van der Waals surface area contributed by atoms with Crippen LogP contribution in [-0.2, 0) is 9.59 Å². The minimum atomic E-state index is -0.774. The van der Waals surface area contributed by atoms with Crippen molar-refractivity contribution in [1.29, 1.82) is 0 Å². The van der Waals surface area contributed by atoms with Crippen molar-refractivity contribution < 1.29 is 14.0 Å². The monoisotopic (exact) mass is 423 g/mol. The average molecular weight is 423 g/mol. The van der Waals surface area contributed by atoms with E-state index in [4.69, 9.17) is 5.73 Å². The fraction of sp³-hybridized carbons (Fsp3) is 0.348. The fourth-order valence-corrected chi connectivity index (χ4v) is 4.17. The van der Waals surface area contributed by atoms with Gasteiger partial charge in [-0.1, -0.05) is 30.3 Å². The fourth-order valence-electron chi connectivity index (χ4n) is 4.17. The number of primary amides is 1. The summed E-state index contributed by atoms with van der Waals surface area (Å²) in [4.78, 5) is 27.1.